The van der Waals surface area contributed by atoms with Gasteiger partial charge in [0.2, 0.25) is 65.0 Å². The van der Waals surface area contributed by atoms with Crippen LogP contribution in [0.15, 0.2) is 85.0 Å². The molecule has 1 saturated heterocycles. The number of carboxylic acids is 4. The maximum Gasteiger partial charge on any atom is 0.317 e. The van der Waals surface area contributed by atoms with E-state index in [1.165, 1.54) is 55.5 Å². The van der Waals surface area contributed by atoms with Crippen molar-refractivity contribution in [2.75, 3.05) is 76.2 Å². The van der Waals surface area contributed by atoms with E-state index in [2.05, 4.69) is 75.0 Å². The fourth-order valence-electron chi connectivity index (χ4n) is 13.2. The number of nitrogens with one attached hydrogen (secondary N) is 12. The summed E-state index contributed by atoms with van der Waals surface area (Å²) in [6, 6.07) is -5.20. The second kappa shape index (κ2) is 45.3. The van der Waals surface area contributed by atoms with Gasteiger partial charge >= 0.3 is 23.9 Å². The second-order valence-corrected chi connectivity index (χ2v) is 29.5. The Labute approximate surface area is 651 Å². The van der Waals surface area contributed by atoms with E-state index in [-0.39, 0.29) is 68.8 Å². The summed E-state index contributed by atoms with van der Waals surface area (Å²) in [6.45, 7) is 7.93. The number of imidazole rings is 1. The minimum absolute atomic E-state index is 0.0763. The molecule has 112 heavy (non-hydrogen) atoms. The van der Waals surface area contributed by atoms with Crippen molar-refractivity contribution in [1.29, 1.82) is 0 Å². The molecular formula is C73H106N18O20S. The molecule has 0 bridgehead atoms. The number of benzene rings is 1. The van der Waals surface area contributed by atoms with Gasteiger partial charge in [0, 0.05) is 92.3 Å². The van der Waals surface area contributed by atoms with E-state index in [1.54, 1.807) is 54.2 Å². The van der Waals surface area contributed by atoms with Crippen molar-refractivity contribution in [2.45, 2.75) is 172 Å². The van der Waals surface area contributed by atoms with E-state index in [0.717, 1.165) is 4.90 Å². The molecule has 1 aromatic carbocycles. The number of carbonyl (C=O) groups excluding carboxylic acids is 12. The number of H-pyrrole nitrogens is 1. The number of fused-ring (bicyclic) bond motifs is 1. The van der Waals surface area contributed by atoms with Crippen molar-refractivity contribution >= 4 is 112 Å². The van der Waals surface area contributed by atoms with Crippen molar-refractivity contribution in [3.8, 4) is 0 Å². The van der Waals surface area contributed by atoms with Crippen molar-refractivity contribution < 1.29 is 97.1 Å². The Kier molecular flexibility index (Phi) is 37.0. The lowest BCUT2D eigenvalue weighted by Crippen LogP contribution is -2.62. The number of hydrogen-bond donors (Lipinski definition) is 18. The Bertz CT molecular complexity index is 3740. The van der Waals surface area contributed by atoms with Gasteiger partial charge in [-0.05, 0) is 105 Å². The molecule has 1 aromatic heterocycles. The number of aliphatic carboxylic acids is 4. The van der Waals surface area contributed by atoms with Crippen LogP contribution in [0.2, 0.25) is 0 Å². The number of aromatic nitrogens is 2. The number of thioether (sulfide) groups is 1. The quantitative estimate of drug-likeness (QED) is 0.0331. The van der Waals surface area contributed by atoms with Gasteiger partial charge in [0.1, 0.15) is 42.3 Å². The summed E-state index contributed by atoms with van der Waals surface area (Å²) in [4.78, 5) is 224. The number of allylic oxidation sites excluding steroid dienone is 4. The van der Waals surface area contributed by atoms with Crippen LogP contribution in [0.4, 0.5) is 5.69 Å². The van der Waals surface area contributed by atoms with Crippen LogP contribution in [0.1, 0.15) is 121 Å². The van der Waals surface area contributed by atoms with E-state index >= 15 is 0 Å². The first-order chi connectivity index (χ1) is 53.0. The van der Waals surface area contributed by atoms with Gasteiger partial charge in [0.15, 0.2) is 0 Å². The van der Waals surface area contributed by atoms with Crippen LogP contribution in [0.3, 0.4) is 0 Å². The largest absolute Gasteiger partial charge is 0.480 e. The maximum absolute atomic E-state index is 14.5. The Hall–Kier alpha value is -11.1. The topological polar surface area (TPSA) is 577 Å². The molecule has 2 aromatic rings. The van der Waals surface area contributed by atoms with E-state index < -0.39 is 213 Å². The summed E-state index contributed by atoms with van der Waals surface area (Å²) in [5, 5.41) is 68.9. The average molecular weight is 1590 g/mol. The molecule has 38 nitrogen and oxygen atoms in total. The molecule has 3 aliphatic rings. The molecule has 1 aliphatic carbocycles. The lowest BCUT2D eigenvalue weighted by atomic mass is 9.88. The maximum atomic E-state index is 14.5. The number of aromatic amines is 1. The van der Waals surface area contributed by atoms with Crippen LogP contribution in [-0.2, 0) is 78.3 Å². The van der Waals surface area contributed by atoms with Crippen molar-refractivity contribution in [2.24, 2.45) is 23.3 Å². The zero-order valence-corrected chi connectivity index (χ0v) is 64.5. The van der Waals surface area contributed by atoms with Gasteiger partial charge in [0.25, 0.3) is 5.91 Å². The number of anilines is 1. The van der Waals surface area contributed by atoms with Crippen molar-refractivity contribution in [3.63, 3.8) is 0 Å². The van der Waals surface area contributed by atoms with Crippen LogP contribution < -0.4 is 70.0 Å². The van der Waals surface area contributed by atoms with Crippen molar-refractivity contribution in [3.05, 3.63) is 96.3 Å². The van der Waals surface area contributed by atoms with Crippen molar-refractivity contribution in [1.82, 2.24) is 77.8 Å². The predicted octanol–water partition coefficient (Wildman–Crippen LogP) is -2.31. The van der Waals surface area contributed by atoms with Gasteiger partial charge in [-0.25, -0.2) is 4.98 Å². The van der Waals surface area contributed by atoms with Gasteiger partial charge in [-0.1, -0.05) is 71.4 Å². The molecule has 12 amide bonds. The van der Waals surface area contributed by atoms with E-state index in [4.69, 9.17) is 11.5 Å². The zero-order valence-electron chi connectivity index (χ0n) is 63.6. The Morgan fingerprint density at radius 1 is 0.643 bits per heavy atom. The lowest BCUT2D eigenvalue weighted by molar-refractivity contribution is -0.148. The molecule has 39 heteroatoms. The molecule has 0 radical (unpaired) electrons. The number of hydrogen-bond acceptors (Lipinski definition) is 22. The SMILES string of the molecule is C=C1/C=C\C=C/CN/C=C\1C[C@H](NC(=O)[C@H](CCC(N)=O)NC(=O)c1ccc(NC(=O)CNC(=O)CCC2(N(CC(=O)O)CC(=O)O)CN(CC(=O)O)[C@@H]3CCCC[C@H]3N(CC(=O)O)C2)cc1)C(=O)N[C@@H](C)C(=O)N[C@H](C(=O)NCC(=O)N[C@@H](Cc1cnc[nH]1)C(=O)N[C@@H](CC(C)C)C(=O)N[C@@H](CCSC)C(N)=O)C(C)C. The number of nitrogens with zero attached hydrogens (tertiary/aromatic N) is 4. The monoisotopic (exact) mass is 1590 g/mol. The molecule has 3 heterocycles. The van der Waals surface area contributed by atoms with E-state index in [0.29, 0.717) is 54.8 Å². The molecule has 20 N–H and O–H groups in total. The fraction of sp³-hybridized carbons (Fsp3) is 0.548. The molecule has 0 unspecified atom stereocenters. The van der Waals surface area contributed by atoms with Gasteiger partial charge in [-0.3, -0.25) is 91.4 Å². The highest BCUT2D eigenvalue weighted by Crippen LogP contribution is 2.37. The summed E-state index contributed by atoms with van der Waals surface area (Å²) in [6.07, 6.45) is 13.8. The Morgan fingerprint density at radius 2 is 1.22 bits per heavy atom. The highest BCUT2D eigenvalue weighted by molar-refractivity contribution is 7.98. The third-order valence-electron chi connectivity index (χ3n) is 18.8. The number of rotatable bonds is 45. The van der Waals surface area contributed by atoms with Gasteiger partial charge in [0.05, 0.1) is 45.6 Å². The summed E-state index contributed by atoms with van der Waals surface area (Å²) in [5.41, 5.74) is 10.7. The Morgan fingerprint density at radius 3 is 1.79 bits per heavy atom. The van der Waals surface area contributed by atoms with Crippen LogP contribution >= 0.6 is 11.8 Å². The third-order valence-corrected chi connectivity index (χ3v) is 19.5. The standard InChI is InChI=1S/C73H106N18O20S/c1-41(2)27-51(70(109)84-49(65(75)104)23-26-112-7)86-71(110)53(29-48-31-77-40-80-48)83-59(95)33-79-72(111)64(42(3)4)88-66(105)44(6)81-69(108)52(28-46-30-76-25-12-8-9-13-43(46)5)87-68(107)50(20-21-56(74)92)85-67(106)45-16-18-47(19-17-45)82-58(94)32-78-57(93)22-24-73(91(36-62(100)101)37-63(102)103)38-89(34-60(96)97)54-14-10-11-15-55(54)90(39-73)35-61(98)99/h8-9,12-13,16-19,30-31,40-42,44,49-55,64,76H,5,10-11,14-15,20-29,32-39H2,1-4,6-7H3,(H2,74,92)(H2,75,104)(H,77,80)(H,78,93)(H,79,111)(H,81,108)(H,82,94)(H,83,95)(H,84,109)(H,85,106)(H,86,110)(H,87,107)(H,88,105)(H,96,97)(H,98,99)(H,100,101)(H,102,103)/b12-8-,13-9-,46-30-/t44-,49-,50-,51-,52-,53-,54+,55+,64-/m0/s1. The highest BCUT2D eigenvalue weighted by Gasteiger charge is 2.50. The molecule has 9 atom stereocenters. The first-order valence-electron chi connectivity index (χ1n) is 36.6. The summed E-state index contributed by atoms with van der Waals surface area (Å²) < 4.78 is 0. The number of primary amides is 2. The van der Waals surface area contributed by atoms with E-state index in [1.807, 2.05) is 20.1 Å². The summed E-state index contributed by atoms with van der Waals surface area (Å²) in [5.74, 6) is -15.6. The number of carbonyl (C=O) groups is 16. The normalized spacial score (nSPS) is 18.5. The molecule has 5 rings (SSSR count). The van der Waals surface area contributed by atoms with Gasteiger partial charge in [-0.2, -0.15) is 11.8 Å². The zero-order chi connectivity index (χ0) is 82.9. The predicted molar refractivity (Wildman–Crippen MR) is 408 cm³/mol. The van der Waals surface area contributed by atoms with Gasteiger partial charge < -0.3 is 95.4 Å². The average Bonchev–Trinajstić information content (AvgIpc) is 1.60. The van der Waals surface area contributed by atoms with Crippen LogP contribution in [0, 0.1) is 11.8 Å². The highest BCUT2D eigenvalue weighted by atomic mass is 32.2. The molecule has 0 spiro atoms. The molecule has 2 fully saturated rings. The van der Waals surface area contributed by atoms with Crippen LogP contribution in [-0.4, -0.2) is 271 Å². The third kappa shape index (κ3) is 30.7. The lowest BCUT2D eigenvalue weighted by Gasteiger charge is -2.45. The molecule has 1 saturated carbocycles. The van der Waals surface area contributed by atoms with Crippen LogP contribution in [0.25, 0.3) is 0 Å². The first kappa shape index (κ1) is 91.6. The smallest absolute Gasteiger partial charge is 0.317 e. The Balaban J connectivity index is 1.26. The van der Waals surface area contributed by atoms with Crippen LogP contribution in [0.5, 0.6) is 0 Å². The summed E-state index contributed by atoms with van der Waals surface area (Å²) >= 11 is 1.44. The fourth-order valence-corrected chi connectivity index (χ4v) is 13.7. The molecular weight excluding hydrogens is 1480 g/mol. The van der Waals surface area contributed by atoms with E-state index in [9.17, 15) is 97.1 Å². The molecule has 2 aliphatic heterocycles. The minimum atomic E-state index is -1.62. The number of nitrogens with two attached hydrogens (primary N) is 2. The number of carboxylic acid groups (broad SMARTS) is 4. The molecule has 614 valence electrons. The number of amides is 12. The first-order valence-corrected chi connectivity index (χ1v) is 38.0. The summed E-state index contributed by atoms with van der Waals surface area (Å²) in [7, 11) is 0. The second-order valence-electron chi connectivity index (χ2n) is 28.5. The van der Waals surface area contributed by atoms with Gasteiger partial charge in [-0.15, -0.1) is 0 Å². The minimum Gasteiger partial charge on any atom is -0.480 e.